The molecule has 2 rings (SSSR count). The molecule has 1 N–H and O–H groups in total. The van der Waals surface area contributed by atoms with Gasteiger partial charge in [0.25, 0.3) is 0 Å². The molecule has 0 aliphatic carbocycles. The number of nitrogens with one attached hydrogen (secondary N) is 1. The highest BCUT2D eigenvalue weighted by Crippen LogP contribution is 2.22. The Morgan fingerprint density at radius 3 is 2.48 bits per heavy atom. The highest BCUT2D eigenvalue weighted by Gasteiger charge is 2.13. The van der Waals surface area contributed by atoms with E-state index in [0.717, 1.165) is 30.1 Å². The first kappa shape index (κ1) is 15.6. The van der Waals surface area contributed by atoms with Crippen molar-refractivity contribution in [2.45, 2.75) is 25.5 Å². The number of benzene rings is 1. The van der Waals surface area contributed by atoms with Crippen molar-refractivity contribution in [3.05, 3.63) is 53.5 Å². The minimum atomic E-state index is 0.206. The molecule has 4 heteroatoms. The van der Waals surface area contributed by atoms with Crippen molar-refractivity contribution in [1.82, 2.24) is 5.32 Å². The average Bonchev–Trinajstić information content (AvgIpc) is 2.97. The van der Waals surface area contributed by atoms with Gasteiger partial charge in [-0.25, -0.2) is 0 Å². The first-order valence-corrected chi connectivity index (χ1v) is 7.14. The van der Waals surface area contributed by atoms with Crippen LogP contribution in [-0.2, 0) is 17.8 Å². The monoisotopic (exact) mass is 289 g/mol. The molecule has 1 atom stereocenters. The second kappa shape index (κ2) is 7.86. The number of hydrogen-bond acceptors (Lipinski definition) is 4. The standard InChI is InChI=1S/C17H23NO3/c1-18-16(17-11-9-15(21-17)12-19-2)10-6-13-4-7-14(20-3)8-5-13/h4-5,7-9,11,16,18H,6,10,12H2,1-3H3. The Kier molecular flexibility index (Phi) is 5.84. The van der Waals surface area contributed by atoms with Crippen LogP contribution in [0.15, 0.2) is 40.8 Å². The summed E-state index contributed by atoms with van der Waals surface area (Å²) >= 11 is 0. The van der Waals surface area contributed by atoms with E-state index in [1.807, 2.05) is 31.3 Å². The zero-order valence-corrected chi connectivity index (χ0v) is 12.9. The molecule has 1 heterocycles. The molecule has 0 radical (unpaired) electrons. The third kappa shape index (κ3) is 4.34. The van der Waals surface area contributed by atoms with Gasteiger partial charge < -0.3 is 19.2 Å². The zero-order valence-electron chi connectivity index (χ0n) is 12.9. The Morgan fingerprint density at radius 1 is 1.10 bits per heavy atom. The van der Waals surface area contributed by atoms with Crippen molar-refractivity contribution in [3.63, 3.8) is 0 Å². The summed E-state index contributed by atoms with van der Waals surface area (Å²) in [6.07, 6.45) is 1.96. The van der Waals surface area contributed by atoms with Crippen LogP contribution in [0.1, 0.15) is 29.5 Å². The summed E-state index contributed by atoms with van der Waals surface area (Å²) < 4.78 is 16.0. The number of aryl methyl sites for hydroxylation is 1. The summed E-state index contributed by atoms with van der Waals surface area (Å²) in [6.45, 7) is 0.509. The van der Waals surface area contributed by atoms with Crippen molar-refractivity contribution in [2.24, 2.45) is 0 Å². The van der Waals surface area contributed by atoms with Crippen LogP contribution < -0.4 is 10.1 Å². The smallest absolute Gasteiger partial charge is 0.129 e. The maximum atomic E-state index is 5.79. The molecule has 1 unspecified atom stereocenters. The Labute approximate surface area is 126 Å². The van der Waals surface area contributed by atoms with E-state index in [4.69, 9.17) is 13.9 Å². The third-order valence-electron chi connectivity index (χ3n) is 3.54. The molecule has 0 bridgehead atoms. The van der Waals surface area contributed by atoms with Gasteiger partial charge in [-0.05, 0) is 49.7 Å². The van der Waals surface area contributed by atoms with Crippen LogP contribution in [0.5, 0.6) is 5.75 Å². The maximum absolute atomic E-state index is 5.79. The van der Waals surface area contributed by atoms with Gasteiger partial charge in [-0.3, -0.25) is 0 Å². The van der Waals surface area contributed by atoms with Crippen LogP contribution >= 0.6 is 0 Å². The van der Waals surface area contributed by atoms with Crippen molar-refractivity contribution in [2.75, 3.05) is 21.3 Å². The van der Waals surface area contributed by atoms with Crippen molar-refractivity contribution in [1.29, 1.82) is 0 Å². The molecule has 0 spiro atoms. The minimum Gasteiger partial charge on any atom is -0.497 e. The summed E-state index contributed by atoms with van der Waals surface area (Å²) in [4.78, 5) is 0. The molecule has 0 saturated carbocycles. The lowest BCUT2D eigenvalue weighted by atomic mass is 10.0. The van der Waals surface area contributed by atoms with Crippen LogP contribution in [0.25, 0.3) is 0 Å². The molecule has 0 aliphatic rings. The molecular formula is C17H23NO3. The van der Waals surface area contributed by atoms with E-state index < -0.39 is 0 Å². The maximum Gasteiger partial charge on any atom is 0.129 e. The van der Waals surface area contributed by atoms with Gasteiger partial charge in [-0.1, -0.05) is 12.1 Å². The summed E-state index contributed by atoms with van der Waals surface area (Å²) in [5.41, 5.74) is 1.29. The minimum absolute atomic E-state index is 0.206. The highest BCUT2D eigenvalue weighted by molar-refractivity contribution is 5.27. The molecule has 1 aromatic carbocycles. The van der Waals surface area contributed by atoms with Crippen molar-refractivity contribution in [3.8, 4) is 5.75 Å². The van der Waals surface area contributed by atoms with Gasteiger partial charge in [0.15, 0.2) is 0 Å². The highest BCUT2D eigenvalue weighted by atomic mass is 16.5. The van der Waals surface area contributed by atoms with Gasteiger partial charge in [-0.2, -0.15) is 0 Å². The molecule has 1 aromatic heterocycles. The molecule has 0 saturated heterocycles. The third-order valence-corrected chi connectivity index (χ3v) is 3.54. The number of hydrogen-bond donors (Lipinski definition) is 1. The first-order valence-electron chi connectivity index (χ1n) is 7.14. The lowest BCUT2D eigenvalue weighted by Crippen LogP contribution is -2.16. The lowest BCUT2D eigenvalue weighted by molar-refractivity contribution is 0.161. The molecule has 0 aliphatic heterocycles. The summed E-state index contributed by atoms with van der Waals surface area (Å²) in [7, 11) is 5.30. The Bertz CT molecular complexity index is 533. The van der Waals surface area contributed by atoms with Gasteiger partial charge >= 0.3 is 0 Å². The van der Waals surface area contributed by atoms with E-state index in [9.17, 15) is 0 Å². The Morgan fingerprint density at radius 2 is 1.86 bits per heavy atom. The SMILES string of the molecule is CNC(CCc1ccc(OC)cc1)c1ccc(COC)o1. The predicted octanol–water partition coefficient (Wildman–Crippen LogP) is 3.33. The van der Waals surface area contributed by atoms with Gasteiger partial charge in [-0.15, -0.1) is 0 Å². The summed E-state index contributed by atoms with van der Waals surface area (Å²) in [6, 6.07) is 12.4. The lowest BCUT2D eigenvalue weighted by Gasteiger charge is -2.13. The number of ether oxygens (including phenoxy) is 2. The fourth-order valence-corrected chi connectivity index (χ4v) is 2.33. The average molecular weight is 289 g/mol. The summed E-state index contributed by atoms with van der Waals surface area (Å²) in [5.74, 6) is 2.70. The van der Waals surface area contributed by atoms with Crippen LogP contribution in [-0.4, -0.2) is 21.3 Å². The van der Waals surface area contributed by atoms with E-state index >= 15 is 0 Å². The van der Waals surface area contributed by atoms with Gasteiger partial charge in [0.2, 0.25) is 0 Å². The quantitative estimate of drug-likeness (QED) is 0.809. The topological polar surface area (TPSA) is 43.6 Å². The van der Waals surface area contributed by atoms with Crippen LogP contribution in [0.4, 0.5) is 0 Å². The molecule has 21 heavy (non-hydrogen) atoms. The van der Waals surface area contributed by atoms with Gasteiger partial charge in [0.05, 0.1) is 13.2 Å². The van der Waals surface area contributed by atoms with Gasteiger partial charge in [0.1, 0.15) is 23.9 Å². The second-order valence-corrected chi connectivity index (χ2v) is 4.97. The fourth-order valence-electron chi connectivity index (χ4n) is 2.33. The number of methoxy groups -OCH3 is 2. The zero-order chi connectivity index (χ0) is 15.1. The van der Waals surface area contributed by atoms with Crippen LogP contribution in [0.3, 0.4) is 0 Å². The Hall–Kier alpha value is -1.78. The second-order valence-electron chi connectivity index (χ2n) is 4.97. The van der Waals surface area contributed by atoms with E-state index in [1.54, 1.807) is 14.2 Å². The van der Waals surface area contributed by atoms with E-state index in [0.29, 0.717) is 6.61 Å². The molecule has 0 amide bonds. The molecular weight excluding hydrogens is 266 g/mol. The van der Waals surface area contributed by atoms with Crippen LogP contribution in [0.2, 0.25) is 0 Å². The molecule has 0 fully saturated rings. The fraction of sp³-hybridized carbons (Fsp3) is 0.412. The number of furan rings is 1. The predicted molar refractivity (Wildman–Crippen MR) is 82.5 cm³/mol. The summed E-state index contributed by atoms with van der Waals surface area (Å²) in [5, 5.41) is 3.31. The van der Waals surface area contributed by atoms with E-state index in [-0.39, 0.29) is 6.04 Å². The largest absolute Gasteiger partial charge is 0.497 e. The van der Waals surface area contributed by atoms with Crippen molar-refractivity contribution >= 4 is 0 Å². The van der Waals surface area contributed by atoms with Crippen LogP contribution in [0, 0.1) is 0 Å². The molecule has 2 aromatic rings. The van der Waals surface area contributed by atoms with E-state index in [2.05, 4.69) is 17.4 Å². The normalized spacial score (nSPS) is 12.3. The van der Waals surface area contributed by atoms with Gasteiger partial charge in [0, 0.05) is 7.11 Å². The first-order chi connectivity index (χ1) is 10.3. The molecule has 114 valence electrons. The van der Waals surface area contributed by atoms with Crippen molar-refractivity contribution < 1.29 is 13.9 Å². The van der Waals surface area contributed by atoms with E-state index in [1.165, 1.54) is 5.56 Å². The Balaban J connectivity index is 1.94. The number of rotatable bonds is 8. The molecule has 4 nitrogen and oxygen atoms in total.